The molecule has 2 aromatic carbocycles. The highest BCUT2D eigenvalue weighted by molar-refractivity contribution is 6.43. The van der Waals surface area contributed by atoms with Gasteiger partial charge < -0.3 is 20.3 Å². The minimum absolute atomic E-state index is 0.150. The van der Waals surface area contributed by atoms with Gasteiger partial charge in [0.25, 0.3) is 0 Å². The Bertz CT molecular complexity index is 783. The molecule has 0 radical (unpaired) electrons. The number of methoxy groups -OCH3 is 1. The van der Waals surface area contributed by atoms with E-state index in [4.69, 9.17) is 55.1 Å². The smallest absolute Gasteiger partial charge is 0.320 e. The van der Waals surface area contributed by atoms with Gasteiger partial charge in [-0.2, -0.15) is 0 Å². The maximum Gasteiger partial charge on any atom is 0.320 e. The van der Waals surface area contributed by atoms with Crippen LogP contribution in [0, 0.1) is 0 Å². The Balaban J connectivity index is 2.20. The van der Waals surface area contributed by atoms with Gasteiger partial charge in [0, 0.05) is 11.6 Å². The number of benzene rings is 2. The maximum atomic E-state index is 10.9. The molecule has 1 unspecified atom stereocenters. The minimum atomic E-state index is -1.06. The normalized spacial score (nSPS) is 11.9. The predicted molar refractivity (Wildman–Crippen MR) is 98.1 cm³/mol. The van der Waals surface area contributed by atoms with E-state index in [1.54, 1.807) is 18.2 Å². The van der Waals surface area contributed by atoms with Crippen LogP contribution < -0.4 is 15.2 Å². The van der Waals surface area contributed by atoms with Gasteiger partial charge in [-0.15, -0.1) is 0 Å². The van der Waals surface area contributed by atoms with E-state index >= 15 is 0 Å². The largest absolute Gasteiger partial charge is 0.496 e. The van der Waals surface area contributed by atoms with Crippen molar-refractivity contribution >= 4 is 40.8 Å². The minimum Gasteiger partial charge on any atom is -0.496 e. The molecule has 25 heavy (non-hydrogen) atoms. The van der Waals surface area contributed by atoms with Gasteiger partial charge in [0.15, 0.2) is 0 Å². The highest BCUT2D eigenvalue weighted by atomic mass is 35.5. The molecule has 0 heterocycles. The topological polar surface area (TPSA) is 81.8 Å². The summed E-state index contributed by atoms with van der Waals surface area (Å²) in [5.74, 6) is -0.0780. The van der Waals surface area contributed by atoms with E-state index < -0.39 is 12.0 Å². The Kier molecular flexibility index (Phi) is 6.79. The van der Waals surface area contributed by atoms with Crippen molar-refractivity contribution in [3.8, 4) is 11.5 Å². The van der Waals surface area contributed by atoms with Crippen molar-refractivity contribution in [2.45, 2.75) is 19.1 Å². The maximum absolute atomic E-state index is 10.9. The molecule has 0 amide bonds. The van der Waals surface area contributed by atoms with E-state index in [1.165, 1.54) is 19.2 Å². The number of ether oxygens (including phenoxy) is 2. The summed E-state index contributed by atoms with van der Waals surface area (Å²) in [5, 5.41) is 9.93. The Labute approximate surface area is 160 Å². The first-order valence-electron chi connectivity index (χ1n) is 7.23. The monoisotopic (exact) mass is 403 g/mol. The van der Waals surface area contributed by atoms with Crippen LogP contribution in [0.25, 0.3) is 0 Å². The van der Waals surface area contributed by atoms with E-state index in [0.717, 1.165) is 11.1 Å². The Morgan fingerprint density at radius 1 is 1.12 bits per heavy atom. The number of carbonyl (C=O) groups is 1. The van der Waals surface area contributed by atoms with Crippen molar-refractivity contribution in [3.63, 3.8) is 0 Å². The number of rotatable bonds is 7. The average molecular weight is 405 g/mol. The fourth-order valence-electron chi connectivity index (χ4n) is 2.18. The number of aliphatic carboxylic acids is 1. The quantitative estimate of drug-likeness (QED) is 0.676. The third-order valence-electron chi connectivity index (χ3n) is 3.48. The molecular weight excluding hydrogens is 389 g/mol. The predicted octanol–water partition coefficient (Wildman–Crippen LogP) is 4.19. The molecule has 8 heteroatoms. The lowest BCUT2D eigenvalue weighted by Gasteiger charge is -2.14. The highest BCUT2D eigenvalue weighted by Gasteiger charge is 2.14. The van der Waals surface area contributed by atoms with E-state index in [9.17, 15) is 4.79 Å². The molecule has 0 saturated heterocycles. The summed E-state index contributed by atoms with van der Waals surface area (Å²) in [4.78, 5) is 10.9. The van der Waals surface area contributed by atoms with Gasteiger partial charge in [0.1, 0.15) is 24.1 Å². The molecule has 0 aliphatic heterocycles. The summed E-state index contributed by atoms with van der Waals surface area (Å²) >= 11 is 18.0. The lowest BCUT2D eigenvalue weighted by Crippen LogP contribution is -2.32. The zero-order valence-corrected chi connectivity index (χ0v) is 15.5. The summed E-state index contributed by atoms with van der Waals surface area (Å²) in [6, 6.07) is 7.33. The third kappa shape index (κ3) is 5.16. The summed E-state index contributed by atoms with van der Waals surface area (Å²) < 4.78 is 11.0. The SMILES string of the molecule is COc1ccc(CC(N)C(=O)O)cc1COc1cc(Cl)c(Cl)cc1Cl. The van der Waals surface area contributed by atoms with Gasteiger partial charge in [0.05, 0.1) is 22.2 Å². The van der Waals surface area contributed by atoms with Gasteiger partial charge >= 0.3 is 5.97 Å². The lowest BCUT2D eigenvalue weighted by atomic mass is 10.0. The number of hydrogen-bond acceptors (Lipinski definition) is 4. The molecule has 1 atom stereocenters. The average Bonchev–Trinajstić information content (AvgIpc) is 2.57. The fourth-order valence-corrected chi connectivity index (χ4v) is 2.77. The van der Waals surface area contributed by atoms with Gasteiger partial charge in [-0.05, 0) is 30.2 Å². The van der Waals surface area contributed by atoms with Crippen LogP contribution in [-0.2, 0) is 17.8 Å². The van der Waals surface area contributed by atoms with Crippen LogP contribution in [0.3, 0.4) is 0 Å². The van der Waals surface area contributed by atoms with Crippen molar-refractivity contribution in [2.75, 3.05) is 7.11 Å². The Morgan fingerprint density at radius 3 is 2.44 bits per heavy atom. The molecular formula is C17H16Cl3NO4. The molecule has 0 fully saturated rings. The van der Waals surface area contributed by atoms with E-state index in [2.05, 4.69) is 0 Å². The lowest BCUT2D eigenvalue weighted by molar-refractivity contribution is -0.138. The van der Waals surface area contributed by atoms with Gasteiger partial charge in [-0.1, -0.05) is 40.9 Å². The second-order valence-corrected chi connectivity index (χ2v) is 6.50. The molecule has 0 saturated carbocycles. The summed E-state index contributed by atoms with van der Waals surface area (Å²) in [6.07, 6.45) is 0.194. The first kappa shape index (κ1) is 19.7. The van der Waals surface area contributed by atoms with Gasteiger partial charge in [-0.3, -0.25) is 4.79 Å². The molecule has 0 aromatic heterocycles. The van der Waals surface area contributed by atoms with Crippen LogP contribution in [0.2, 0.25) is 15.1 Å². The Hall–Kier alpha value is -1.66. The van der Waals surface area contributed by atoms with Crippen molar-refractivity contribution in [1.29, 1.82) is 0 Å². The van der Waals surface area contributed by atoms with Crippen molar-refractivity contribution in [1.82, 2.24) is 0 Å². The third-order valence-corrected chi connectivity index (χ3v) is 4.49. The molecule has 0 spiro atoms. The van der Waals surface area contributed by atoms with E-state index in [1.807, 2.05) is 0 Å². The first-order chi connectivity index (χ1) is 11.8. The van der Waals surface area contributed by atoms with Crippen molar-refractivity contribution < 1.29 is 19.4 Å². The molecule has 3 N–H and O–H groups in total. The zero-order valence-electron chi connectivity index (χ0n) is 13.3. The molecule has 134 valence electrons. The van der Waals surface area contributed by atoms with Crippen molar-refractivity contribution in [3.05, 3.63) is 56.5 Å². The highest BCUT2D eigenvalue weighted by Crippen LogP contribution is 2.34. The van der Waals surface area contributed by atoms with E-state index in [-0.39, 0.29) is 13.0 Å². The van der Waals surface area contributed by atoms with E-state index in [0.29, 0.717) is 26.6 Å². The summed E-state index contributed by atoms with van der Waals surface area (Å²) in [6.45, 7) is 0.150. The number of carboxylic acid groups (broad SMARTS) is 1. The molecule has 0 aliphatic carbocycles. The molecule has 0 bridgehead atoms. The van der Waals surface area contributed by atoms with Crippen LogP contribution in [0.4, 0.5) is 0 Å². The van der Waals surface area contributed by atoms with Crippen LogP contribution >= 0.6 is 34.8 Å². The fraction of sp³-hybridized carbons (Fsp3) is 0.235. The van der Waals surface area contributed by atoms with Gasteiger partial charge in [-0.25, -0.2) is 0 Å². The Morgan fingerprint density at radius 2 is 1.80 bits per heavy atom. The van der Waals surface area contributed by atoms with Crippen LogP contribution in [0.15, 0.2) is 30.3 Å². The number of halogens is 3. The molecule has 2 rings (SSSR count). The van der Waals surface area contributed by atoms with Crippen molar-refractivity contribution in [2.24, 2.45) is 5.73 Å². The van der Waals surface area contributed by atoms with Crippen LogP contribution in [-0.4, -0.2) is 24.2 Å². The van der Waals surface area contributed by atoms with Gasteiger partial charge in [0.2, 0.25) is 0 Å². The molecule has 0 aliphatic rings. The van der Waals surface area contributed by atoms with Crippen LogP contribution in [0.1, 0.15) is 11.1 Å². The second kappa shape index (κ2) is 8.63. The molecule has 2 aromatic rings. The first-order valence-corrected chi connectivity index (χ1v) is 8.36. The number of hydrogen-bond donors (Lipinski definition) is 2. The standard InChI is InChI=1S/C17H16Cl3NO4/c1-24-15-3-2-9(5-14(21)17(22)23)4-10(15)8-25-16-7-12(19)11(18)6-13(16)20/h2-4,6-7,14H,5,8,21H2,1H3,(H,22,23). The second-order valence-electron chi connectivity index (χ2n) is 5.28. The number of carboxylic acids is 1. The molecule has 5 nitrogen and oxygen atoms in total. The zero-order chi connectivity index (χ0) is 18.6. The summed E-state index contributed by atoms with van der Waals surface area (Å²) in [7, 11) is 1.54. The van der Waals surface area contributed by atoms with Crippen LogP contribution in [0.5, 0.6) is 11.5 Å². The summed E-state index contributed by atoms with van der Waals surface area (Å²) in [5.41, 5.74) is 7.06. The number of nitrogens with two attached hydrogens (primary N) is 1.